The number of nitrogens with zero attached hydrogens (tertiary/aromatic N) is 1. The van der Waals surface area contributed by atoms with E-state index in [9.17, 15) is 4.79 Å². The summed E-state index contributed by atoms with van der Waals surface area (Å²) >= 11 is 0. The molecule has 0 aromatic carbocycles. The van der Waals surface area contributed by atoms with Gasteiger partial charge in [0.15, 0.2) is 0 Å². The molecule has 0 radical (unpaired) electrons. The summed E-state index contributed by atoms with van der Waals surface area (Å²) < 4.78 is 0. The number of carbonyl (C=O) groups is 1. The lowest BCUT2D eigenvalue weighted by Crippen LogP contribution is -2.49. The van der Waals surface area contributed by atoms with Crippen LogP contribution in [0.4, 0.5) is 0 Å². The molecule has 2 unspecified atom stereocenters. The van der Waals surface area contributed by atoms with E-state index in [1.807, 2.05) is 11.9 Å². The lowest BCUT2D eigenvalue weighted by Gasteiger charge is -2.37. The van der Waals surface area contributed by atoms with Crippen LogP contribution in [0.15, 0.2) is 0 Å². The molecule has 3 nitrogen and oxygen atoms in total. The number of amides is 1. The van der Waals surface area contributed by atoms with Crippen molar-refractivity contribution in [3.63, 3.8) is 0 Å². The molecule has 94 valence electrons. The Hall–Kier alpha value is -0.570. The van der Waals surface area contributed by atoms with Gasteiger partial charge in [0.2, 0.25) is 5.91 Å². The van der Waals surface area contributed by atoms with E-state index in [1.165, 1.54) is 19.3 Å². The van der Waals surface area contributed by atoms with E-state index < -0.39 is 0 Å². The maximum atomic E-state index is 12.1. The van der Waals surface area contributed by atoms with E-state index in [0.29, 0.717) is 12.0 Å². The van der Waals surface area contributed by atoms with Crippen LogP contribution in [0.2, 0.25) is 0 Å². The second-order valence-electron chi connectivity index (χ2n) is 5.17. The highest BCUT2D eigenvalue weighted by molar-refractivity contribution is 5.81. The molecule has 1 aliphatic rings. The molecule has 0 aromatic heterocycles. The molecule has 3 atom stereocenters. The molecule has 16 heavy (non-hydrogen) atoms. The molecule has 1 aliphatic carbocycles. The van der Waals surface area contributed by atoms with Gasteiger partial charge in [-0.05, 0) is 25.2 Å². The summed E-state index contributed by atoms with van der Waals surface area (Å²) in [5.41, 5.74) is 5.89. The van der Waals surface area contributed by atoms with Crippen LogP contribution in [0.3, 0.4) is 0 Å². The molecular weight excluding hydrogens is 200 g/mol. The fourth-order valence-electron chi connectivity index (χ4n) is 2.73. The van der Waals surface area contributed by atoms with Crippen molar-refractivity contribution in [3.8, 4) is 0 Å². The fraction of sp³-hybridized carbons (Fsp3) is 0.923. The molecule has 0 aromatic rings. The minimum atomic E-state index is -0.302. The Morgan fingerprint density at radius 3 is 2.62 bits per heavy atom. The fourth-order valence-corrected chi connectivity index (χ4v) is 2.73. The number of rotatable bonds is 4. The summed E-state index contributed by atoms with van der Waals surface area (Å²) in [6.07, 6.45) is 6.70. The van der Waals surface area contributed by atoms with Crippen molar-refractivity contribution in [2.45, 2.75) is 64.5 Å². The summed E-state index contributed by atoms with van der Waals surface area (Å²) in [4.78, 5) is 14.0. The van der Waals surface area contributed by atoms with Gasteiger partial charge in [0.25, 0.3) is 0 Å². The highest BCUT2D eigenvalue weighted by Gasteiger charge is 2.29. The number of carbonyl (C=O) groups excluding carboxylic acids is 1. The average Bonchev–Trinajstić information content (AvgIpc) is 2.28. The molecule has 0 aliphatic heterocycles. The summed E-state index contributed by atoms with van der Waals surface area (Å²) in [5.74, 6) is 0.747. The van der Waals surface area contributed by atoms with Crippen molar-refractivity contribution in [3.05, 3.63) is 0 Å². The average molecular weight is 226 g/mol. The van der Waals surface area contributed by atoms with Gasteiger partial charge in [-0.3, -0.25) is 4.79 Å². The molecule has 3 heteroatoms. The van der Waals surface area contributed by atoms with E-state index in [-0.39, 0.29) is 11.9 Å². The minimum Gasteiger partial charge on any atom is -0.341 e. The number of nitrogens with two attached hydrogens (primary N) is 1. The molecule has 1 amide bonds. The zero-order chi connectivity index (χ0) is 12.1. The van der Waals surface area contributed by atoms with Gasteiger partial charge in [-0.25, -0.2) is 0 Å². The van der Waals surface area contributed by atoms with Gasteiger partial charge in [-0.15, -0.1) is 0 Å². The Morgan fingerprint density at radius 1 is 1.44 bits per heavy atom. The number of hydrogen-bond acceptors (Lipinski definition) is 2. The molecule has 0 saturated heterocycles. The Labute approximate surface area is 99.4 Å². The van der Waals surface area contributed by atoms with Crippen molar-refractivity contribution in [2.75, 3.05) is 7.05 Å². The molecule has 1 fully saturated rings. The van der Waals surface area contributed by atoms with Crippen molar-refractivity contribution < 1.29 is 4.79 Å². The molecule has 0 bridgehead atoms. The monoisotopic (exact) mass is 226 g/mol. The number of likely N-dealkylation sites (N-methyl/N-ethyl adjacent to an activating group) is 1. The minimum absolute atomic E-state index is 0.126. The lowest BCUT2D eigenvalue weighted by molar-refractivity contribution is -0.135. The third-order valence-corrected chi connectivity index (χ3v) is 3.83. The molecule has 1 rings (SSSR count). The third kappa shape index (κ3) is 3.21. The maximum absolute atomic E-state index is 12.1. The van der Waals surface area contributed by atoms with Crippen LogP contribution in [0.25, 0.3) is 0 Å². The first kappa shape index (κ1) is 13.5. The van der Waals surface area contributed by atoms with Crippen molar-refractivity contribution in [2.24, 2.45) is 11.7 Å². The van der Waals surface area contributed by atoms with Crippen molar-refractivity contribution in [1.82, 2.24) is 4.90 Å². The molecule has 0 spiro atoms. The molecule has 0 heterocycles. The largest absolute Gasteiger partial charge is 0.341 e. The summed E-state index contributed by atoms with van der Waals surface area (Å²) in [5, 5.41) is 0. The van der Waals surface area contributed by atoms with E-state index in [2.05, 4.69) is 13.8 Å². The zero-order valence-electron chi connectivity index (χ0n) is 10.9. The first-order valence-corrected chi connectivity index (χ1v) is 6.60. The standard InChI is InChI=1S/C13H26N2O/c1-4-7-11(14)13(16)15(3)12-9-6-5-8-10(12)2/h10-12H,4-9,14H2,1-3H3/t10?,11-,12?/m1/s1. The Morgan fingerprint density at radius 2 is 2.06 bits per heavy atom. The van der Waals surface area contributed by atoms with Crippen LogP contribution < -0.4 is 5.73 Å². The van der Waals surface area contributed by atoms with Crippen LogP contribution in [-0.4, -0.2) is 29.9 Å². The van der Waals surface area contributed by atoms with Gasteiger partial charge in [-0.1, -0.05) is 33.1 Å². The van der Waals surface area contributed by atoms with Crippen LogP contribution >= 0.6 is 0 Å². The highest BCUT2D eigenvalue weighted by atomic mass is 16.2. The van der Waals surface area contributed by atoms with E-state index >= 15 is 0 Å². The first-order valence-electron chi connectivity index (χ1n) is 6.60. The van der Waals surface area contributed by atoms with Gasteiger partial charge in [0.1, 0.15) is 0 Å². The molecule has 2 N–H and O–H groups in total. The van der Waals surface area contributed by atoms with E-state index in [0.717, 1.165) is 19.3 Å². The second-order valence-corrected chi connectivity index (χ2v) is 5.17. The first-order chi connectivity index (χ1) is 7.57. The van der Waals surface area contributed by atoms with E-state index in [4.69, 9.17) is 5.73 Å². The van der Waals surface area contributed by atoms with Crippen LogP contribution in [0.1, 0.15) is 52.4 Å². The van der Waals surface area contributed by atoms with E-state index in [1.54, 1.807) is 0 Å². The van der Waals surface area contributed by atoms with Crippen LogP contribution in [-0.2, 0) is 4.79 Å². The highest BCUT2D eigenvalue weighted by Crippen LogP contribution is 2.27. The SMILES string of the molecule is CCC[C@@H](N)C(=O)N(C)C1CCCCC1C. The Balaban J connectivity index is 2.54. The normalized spacial score (nSPS) is 27.5. The third-order valence-electron chi connectivity index (χ3n) is 3.83. The topological polar surface area (TPSA) is 46.3 Å². The predicted octanol–water partition coefficient (Wildman–Crippen LogP) is 2.15. The number of hydrogen-bond donors (Lipinski definition) is 1. The maximum Gasteiger partial charge on any atom is 0.239 e. The van der Waals surface area contributed by atoms with Crippen molar-refractivity contribution in [1.29, 1.82) is 0 Å². The lowest BCUT2D eigenvalue weighted by atomic mass is 9.85. The second kappa shape index (κ2) is 6.24. The summed E-state index contributed by atoms with van der Waals surface area (Å²) in [6.45, 7) is 4.31. The summed E-state index contributed by atoms with van der Waals surface area (Å²) in [6, 6.07) is 0.105. The molecule has 1 saturated carbocycles. The Kier molecular flexibility index (Phi) is 5.26. The quantitative estimate of drug-likeness (QED) is 0.798. The smallest absolute Gasteiger partial charge is 0.239 e. The van der Waals surface area contributed by atoms with Gasteiger partial charge < -0.3 is 10.6 Å². The van der Waals surface area contributed by atoms with Gasteiger partial charge in [-0.2, -0.15) is 0 Å². The van der Waals surface area contributed by atoms with Gasteiger partial charge in [0, 0.05) is 13.1 Å². The summed E-state index contributed by atoms with van der Waals surface area (Å²) in [7, 11) is 1.92. The zero-order valence-corrected chi connectivity index (χ0v) is 10.9. The Bertz CT molecular complexity index is 230. The van der Waals surface area contributed by atoms with Crippen LogP contribution in [0, 0.1) is 5.92 Å². The van der Waals surface area contributed by atoms with Gasteiger partial charge >= 0.3 is 0 Å². The predicted molar refractivity (Wildman–Crippen MR) is 67.1 cm³/mol. The van der Waals surface area contributed by atoms with Crippen LogP contribution in [0.5, 0.6) is 0 Å². The van der Waals surface area contributed by atoms with Crippen molar-refractivity contribution >= 4 is 5.91 Å². The molecular formula is C13H26N2O. The van der Waals surface area contributed by atoms with Gasteiger partial charge in [0.05, 0.1) is 6.04 Å².